The molecule has 1 aromatic carbocycles. The number of aryl methyl sites for hydroxylation is 1. The average Bonchev–Trinajstić information content (AvgIpc) is 2.74. The van der Waals surface area contributed by atoms with Crippen LogP contribution in [0.2, 0.25) is 0 Å². The second-order valence-electron chi connectivity index (χ2n) is 3.83. The first-order valence-corrected chi connectivity index (χ1v) is 5.25. The predicted molar refractivity (Wildman–Crippen MR) is 65.2 cm³/mol. The van der Waals surface area contributed by atoms with Crippen LogP contribution in [0, 0.1) is 19.3 Å². The Bertz CT molecular complexity index is 384. The molecular weight excluding hydrogens is 182 g/mol. The summed E-state index contributed by atoms with van der Waals surface area (Å²) in [4.78, 5) is 4.58. The number of hydrogen-bond donors (Lipinski definition) is 0. The van der Waals surface area contributed by atoms with Crippen LogP contribution >= 0.6 is 0 Å². The Hall–Kier alpha value is -1.37. The van der Waals surface area contributed by atoms with E-state index in [4.69, 9.17) is 0 Å². The highest BCUT2D eigenvalue weighted by Crippen LogP contribution is 2.22. The van der Waals surface area contributed by atoms with Crippen molar-refractivity contribution in [2.24, 2.45) is 4.99 Å². The third-order valence-electron chi connectivity index (χ3n) is 2.52. The maximum Gasteiger partial charge on any atom is 0.0629 e. The lowest BCUT2D eigenvalue weighted by Gasteiger charge is -2.05. The molecule has 0 unspecified atom stereocenters. The molecule has 2 radical (unpaired) electrons. The molecule has 1 aliphatic carbocycles. The maximum atomic E-state index is 4.58. The molecule has 1 aliphatic rings. The summed E-state index contributed by atoms with van der Waals surface area (Å²) in [5.74, 6) is 1.25. The monoisotopic (exact) mass is 197 g/mol. The number of rotatable bonds is 2. The number of benzene rings is 1. The third-order valence-corrected chi connectivity index (χ3v) is 2.52. The van der Waals surface area contributed by atoms with Crippen LogP contribution in [0.4, 0.5) is 5.69 Å². The highest BCUT2D eigenvalue weighted by molar-refractivity contribution is 6.01. The van der Waals surface area contributed by atoms with E-state index in [2.05, 4.69) is 61.7 Å². The van der Waals surface area contributed by atoms with Gasteiger partial charge in [0.05, 0.1) is 5.69 Å². The molecule has 0 saturated heterocycles. The van der Waals surface area contributed by atoms with Gasteiger partial charge < -0.3 is 0 Å². The summed E-state index contributed by atoms with van der Waals surface area (Å²) in [6.45, 7) is 4.14. The summed E-state index contributed by atoms with van der Waals surface area (Å²) >= 11 is 0. The minimum absolute atomic E-state index is 1.03. The van der Waals surface area contributed by atoms with E-state index >= 15 is 0 Å². The molecular formula is C14H15N. The molecule has 0 bridgehead atoms. The fraction of sp³-hybridized carbons (Fsp3) is 0.214. The molecule has 0 fully saturated rings. The Morgan fingerprint density at radius 3 is 2.53 bits per heavy atom. The van der Waals surface area contributed by atoms with E-state index in [-0.39, 0.29) is 0 Å². The van der Waals surface area contributed by atoms with E-state index in [9.17, 15) is 0 Å². The first-order chi connectivity index (χ1) is 7.25. The van der Waals surface area contributed by atoms with Gasteiger partial charge in [-0.3, -0.25) is 4.99 Å². The molecule has 0 amide bonds. The van der Waals surface area contributed by atoms with Gasteiger partial charge in [0.1, 0.15) is 0 Å². The van der Waals surface area contributed by atoms with E-state index in [0.717, 1.165) is 17.8 Å². The Balaban J connectivity index is 2.14. The fourth-order valence-corrected chi connectivity index (χ4v) is 1.60. The summed E-state index contributed by atoms with van der Waals surface area (Å²) in [5, 5.41) is 0. The van der Waals surface area contributed by atoms with Crippen LogP contribution in [-0.2, 0) is 0 Å². The van der Waals surface area contributed by atoms with E-state index in [1.165, 1.54) is 11.5 Å². The summed E-state index contributed by atoms with van der Waals surface area (Å²) in [7, 11) is 0. The van der Waals surface area contributed by atoms with Gasteiger partial charge in [-0.05, 0) is 38.8 Å². The SMILES string of the molecule is CC(=Nc1ccc(C)cc1)[C]1[CH]CC=C1. The van der Waals surface area contributed by atoms with Crippen molar-refractivity contribution in [2.45, 2.75) is 20.3 Å². The molecule has 1 nitrogen and oxygen atoms in total. The first kappa shape index (κ1) is 10.2. The molecule has 15 heavy (non-hydrogen) atoms. The van der Waals surface area contributed by atoms with Crippen LogP contribution in [0.5, 0.6) is 0 Å². The zero-order valence-corrected chi connectivity index (χ0v) is 9.20. The molecule has 0 aromatic heterocycles. The average molecular weight is 197 g/mol. The summed E-state index contributed by atoms with van der Waals surface area (Å²) in [5.41, 5.74) is 3.39. The highest BCUT2D eigenvalue weighted by atomic mass is 14.7. The van der Waals surface area contributed by atoms with Crippen molar-refractivity contribution < 1.29 is 0 Å². The lowest BCUT2D eigenvalue weighted by atomic mass is 10.0. The summed E-state index contributed by atoms with van der Waals surface area (Å²) < 4.78 is 0. The van der Waals surface area contributed by atoms with Gasteiger partial charge in [0.15, 0.2) is 0 Å². The standard InChI is InChI=1S/C14H15N/c1-11-7-9-14(10-8-11)15-12(2)13-5-3-4-6-13/h3,5-10H,4H2,1-2H3. The van der Waals surface area contributed by atoms with Crippen LogP contribution in [0.3, 0.4) is 0 Å². The highest BCUT2D eigenvalue weighted by Gasteiger charge is 2.13. The molecule has 0 heterocycles. The van der Waals surface area contributed by atoms with Gasteiger partial charge >= 0.3 is 0 Å². The maximum absolute atomic E-state index is 4.58. The van der Waals surface area contributed by atoms with Crippen molar-refractivity contribution in [3.05, 3.63) is 54.3 Å². The normalized spacial score (nSPS) is 17.3. The van der Waals surface area contributed by atoms with Crippen molar-refractivity contribution >= 4 is 11.4 Å². The van der Waals surface area contributed by atoms with Gasteiger partial charge in [0.25, 0.3) is 0 Å². The lowest BCUT2D eigenvalue weighted by molar-refractivity contribution is 1.27. The fourth-order valence-electron chi connectivity index (χ4n) is 1.60. The van der Waals surface area contributed by atoms with E-state index in [1.54, 1.807) is 0 Å². The molecule has 1 heteroatoms. The topological polar surface area (TPSA) is 12.4 Å². The predicted octanol–water partition coefficient (Wildman–Crippen LogP) is 3.83. The van der Waals surface area contributed by atoms with Gasteiger partial charge in [-0.15, -0.1) is 0 Å². The second-order valence-corrected chi connectivity index (χ2v) is 3.83. The summed E-state index contributed by atoms with van der Waals surface area (Å²) in [6, 6.07) is 8.28. The van der Waals surface area contributed by atoms with Crippen LogP contribution in [0.25, 0.3) is 0 Å². The van der Waals surface area contributed by atoms with E-state index in [0.29, 0.717) is 0 Å². The number of allylic oxidation sites excluding steroid dienone is 2. The lowest BCUT2D eigenvalue weighted by Crippen LogP contribution is -2.02. The quantitative estimate of drug-likeness (QED) is 0.639. The van der Waals surface area contributed by atoms with Crippen molar-refractivity contribution in [3.63, 3.8) is 0 Å². The summed E-state index contributed by atoms with van der Waals surface area (Å²) in [6.07, 6.45) is 7.53. The van der Waals surface area contributed by atoms with Gasteiger partial charge in [-0.25, -0.2) is 0 Å². The molecule has 0 saturated carbocycles. The van der Waals surface area contributed by atoms with E-state index in [1.807, 2.05) is 0 Å². The molecule has 0 N–H and O–H groups in total. The van der Waals surface area contributed by atoms with Crippen LogP contribution < -0.4 is 0 Å². The van der Waals surface area contributed by atoms with Crippen molar-refractivity contribution in [3.8, 4) is 0 Å². The first-order valence-electron chi connectivity index (χ1n) is 5.25. The van der Waals surface area contributed by atoms with Gasteiger partial charge in [-0.2, -0.15) is 0 Å². The molecule has 1 aromatic rings. The molecule has 2 rings (SSSR count). The number of aliphatic imine (C=N–C) groups is 1. The van der Waals surface area contributed by atoms with Crippen LogP contribution in [0.15, 0.2) is 41.4 Å². The molecule has 0 atom stereocenters. The van der Waals surface area contributed by atoms with Gasteiger partial charge in [0.2, 0.25) is 0 Å². The smallest absolute Gasteiger partial charge is 0.0629 e. The van der Waals surface area contributed by atoms with Crippen LogP contribution in [-0.4, -0.2) is 5.71 Å². The molecule has 0 spiro atoms. The minimum Gasteiger partial charge on any atom is -0.257 e. The zero-order valence-electron chi connectivity index (χ0n) is 9.20. The van der Waals surface area contributed by atoms with Gasteiger partial charge in [-0.1, -0.05) is 29.8 Å². The molecule has 76 valence electrons. The third kappa shape index (κ3) is 2.56. The van der Waals surface area contributed by atoms with Crippen molar-refractivity contribution in [1.29, 1.82) is 0 Å². The van der Waals surface area contributed by atoms with Crippen LogP contribution in [0.1, 0.15) is 18.9 Å². The second kappa shape index (κ2) is 4.43. The number of nitrogens with zero attached hydrogens (tertiary/aromatic N) is 1. The number of hydrogen-bond acceptors (Lipinski definition) is 1. The molecule has 0 aliphatic heterocycles. The van der Waals surface area contributed by atoms with Crippen molar-refractivity contribution in [1.82, 2.24) is 0 Å². The zero-order chi connectivity index (χ0) is 10.7. The van der Waals surface area contributed by atoms with Crippen molar-refractivity contribution in [2.75, 3.05) is 0 Å². The largest absolute Gasteiger partial charge is 0.257 e. The van der Waals surface area contributed by atoms with E-state index < -0.39 is 0 Å². The Morgan fingerprint density at radius 1 is 1.20 bits per heavy atom. The van der Waals surface area contributed by atoms with Gasteiger partial charge in [0, 0.05) is 11.6 Å². The Kier molecular flexibility index (Phi) is 3.00. The Morgan fingerprint density at radius 2 is 1.93 bits per heavy atom. The Labute approximate surface area is 91.6 Å². The minimum atomic E-state index is 1.03.